The van der Waals surface area contributed by atoms with E-state index in [-0.39, 0.29) is 50.3 Å². The molecule has 0 radical (unpaired) electrons. The number of benzene rings is 2. The first-order chi connectivity index (χ1) is 19.7. The molecule has 11 nitrogen and oxygen atoms in total. The van der Waals surface area contributed by atoms with Gasteiger partial charge >= 0.3 is 12.1 Å². The number of halogens is 2. The summed E-state index contributed by atoms with van der Waals surface area (Å²) in [5, 5.41) is 11.1. The number of pyridine rings is 1. The number of carbonyl (C=O) groups excluding carboxylic acids is 2. The maximum absolute atomic E-state index is 14.0. The number of fused-ring (bicyclic) bond motifs is 2. The molecular formula is C28H24F2N6O5. The van der Waals surface area contributed by atoms with E-state index in [9.17, 15) is 23.2 Å². The van der Waals surface area contributed by atoms with Crippen LogP contribution in [0.25, 0.3) is 22.3 Å². The number of imidazole rings is 1. The second-order valence-corrected chi connectivity index (χ2v) is 9.86. The highest BCUT2D eigenvalue weighted by Gasteiger charge is 2.35. The van der Waals surface area contributed by atoms with Crippen molar-refractivity contribution in [3.05, 3.63) is 71.4 Å². The summed E-state index contributed by atoms with van der Waals surface area (Å²) >= 11 is 0. The number of aromatic nitrogens is 3. The van der Waals surface area contributed by atoms with Gasteiger partial charge in [0.15, 0.2) is 17.3 Å². The van der Waals surface area contributed by atoms with Crippen LogP contribution in [0.1, 0.15) is 30.0 Å². The van der Waals surface area contributed by atoms with E-state index in [1.165, 1.54) is 6.07 Å². The summed E-state index contributed by atoms with van der Waals surface area (Å²) in [5.74, 6) is -1.40. The zero-order valence-electron chi connectivity index (χ0n) is 21.6. The average molecular weight is 563 g/mol. The van der Waals surface area contributed by atoms with Gasteiger partial charge in [0.2, 0.25) is 5.95 Å². The molecular weight excluding hydrogens is 538 g/mol. The molecule has 3 amide bonds. The molecule has 2 aromatic heterocycles. The number of amides is 3. The number of urea groups is 1. The molecule has 6 rings (SSSR count). The van der Waals surface area contributed by atoms with Gasteiger partial charge in [0.25, 0.3) is 0 Å². The third-order valence-corrected chi connectivity index (χ3v) is 7.21. The highest BCUT2D eigenvalue weighted by Crippen LogP contribution is 2.34. The number of anilines is 1. The van der Waals surface area contributed by atoms with Crippen molar-refractivity contribution >= 4 is 35.0 Å². The molecule has 2 aliphatic rings. The van der Waals surface area contributed by atoms with Crippen LogP contribution in [0.3, 0.4) is 0 Å². The predicted octanol–water partition coefficient (Wildman–Crippen LogP) is 4.71. The van der Waals surface area contributed by atoms with Gasteiger partial charge in [-0.25, -0.2) is 23.4 Å². The highest BCUT2D eigenvalue weighted by molar-refractivity contribution is 5.86. The van der Waals surface area contributed by atoms with Crippen LogP contribution >= 0.6 is 0 Å². The molecule has 2 aromatic carbocycles. The number of aromatic amines is 1. The fourth-order valence-electron chi connectivity index (χ4n) is 5.21. The lowest BCUT2D eigenvalue weighted by Gasteiger charge is -2.38. The monoisotopic (exact) mass is 562 g/mol. The first kappa shape index (κ1) is 26.2. The number of ether oxygens (including phenoxy) is 1. The van der Waals surface area contributed by atoms with Crippen molar-refractivity contribution < 1.29 is 33.0 Å². The molecule has 2 aliphatic heterocycles. The zero-order chi connectivity index (χ0) is 28.7. The largest absolute Gasteiger partial charge is 0.491 e. The molecule has 210 valence electrons. The van der Waals surface area contributed by atoms with Crippen molar-refractivity contribution in [3.8, 4) is 16.9 Å². The number of likely N-dealkylation sites (tertiary alicyclic amines) is 1. The zero-order valence-corrected chi connectivity index (χ0v) is 21.6. The van der Waals surface area contributed by atoms with E-state index in [0.29, 0.717) is 29.0 Å². The van der Waals surface area contributed by atoms with Gasteiger partial charge in [-0.1, -0.05) is 12.1 Å². The molecule has 1 unspecified atom stereocenters. The SMILES string of the molecule is O=C1CCN(C(=O)N2CCOc3ccc(-c4cnc5nc(NC(=O)O)[nH]c5c4)cc3C2)C(c2ccc(F)c(F)c2)C1. The second kappa shape index (κ2) is 10.5. The van der Waals surface area contributed by atoms with Crippen LogP contribution in [0.4, 0.5) is 24.3 Å². The molecule has 1 fully saturated rings. The van der Waals surface area contributed by atoms with Crippen LogP contribution in [-0.4, -0.2) is 67.5 Å². The van der Waals surface area contributed by atoms with Crippen LogP contribution < -0.4 is 10.1 Å². The third-order valence-electron chi connectivity index (χ3n) is 7.21. The lowest BCUT2D eigenvalue weighted by Crippen LogP contribution is -2.48. The molecule has 1 saturated heterocycles. The van der Waals surface area contributed by atoms with Gasteiger partial charge in [0.05, 0.1) is 24.6 Å². The Bertz CT molecular complexity index is 1690. The summed E-state index contributed by atoms with van der Waals surface area (Å²) in [6.07, 6.45) is 0.576. The highest BCUT2D eigenvalue weighted by atomic mass is 19.2. The van der Waals surface area contributed by atoms with E-state index in [4.69, 9.17) is 9.84 Å². The molecule has 41 heavy (non-hydrogen) atoms. The van der Waals surface area contributed by atoms with Crippen molar-refractivity contribution in [3.63, 3.8) is 0 Å². The number of ketones is 1. The molecule has 13 heteroatoms. The van der Waals surface area contributed by atoms with Gasteiger partial charge < -0.3 is 24.6 Å². The first-order valence-electron chi connectivity index (χ1n) is 12.9. The van der Waals surface area contributed by atoms with Crippen molar-refractivity contribution in [2.75, 3.05) is 25.0 Å². The Kier molecular flexibility index (Phi) is 6.69. The Hall–Kier alpha value is -5.07. The number of carboxylic acid groups (broad SMARTS) is 1. The van der Waals surface area contributed by atoms with Gasteiger partial charge in [0.1, 0.15) is 18.1 Å². The lowest BCUT2D eigenvalue weighted by atomic mass is 9.94. The van der Waals surface area contributed by atoms with Gasteiger partial charge in [-0.15, -0.1) is 0 Å². The summed E-state index contributed by atoms with van der Waals surface area (Å²) in [4.78, 5) is 51.5. The van der Waals surface area contributed by atoms with Crippen LogP contribution in [-0.2, 0) is 11.3 Å². The molecule has 0 saturated carbocycles. The van der Waals surface area contributed by atoms with Gasteiger partial charge in [0, 0.05) is 36.7 Å². The fraction of sp³-hybridized carbons (Fsp3) is 0.250. The number of nitrogens with one attached hydrogen (secondary N) is 2. The molecule has 4 aromatic rings. The lowest BCUT2D eigenvalue weighted by molar-refractivity contribution is -0.122. The number of carbonyl (C=O) groups is 3. The number of rotatable bonds is 3. The van der Waals surface area contributed by atoms with Crippen molar-refractivity contribution in [1.29, 1.82) is 0 Å². The smallest absolute Gasteiger partial charge is 0.411 e. The van der Waals surface area contributed by atoms with Crippen molar-refractivity contribution in [2.24, 2.45) is 0 Å². The molecule has 0 bridgehead atoms. The summed E-state index contributed by atoms with van der Waals surface area (Å²) in [5.41, 5.74) is 3.54. The quantitative estimate of drug-likeness (QED) is 0.328. The first-order valence-corrected chi connectivity index (χ1v) is 12.9. The minimum absolute atomic E-state index is 0.0225. The van der Waals surface area contributed by atoms with E-state index in [2.05, 4.69) is 20.3 Å². The Morgan fingerprint density at radius 3 is 2.73 bits per heavy atom. The summed E-state index contributed by atoms with van der Waals surface area (Å²) in [6, 6.07) is 9.78. The number of piperidine rings is 1. The second-order valence-electron chi connectivity index (χ2n) is 9.86. The van der Waals surface area contributed by atoms with Crippen LogP contribution in [0.5, 0.6) is 5.75 Å². The van der Waals surface area contributed by atoms with Crippen LogP contribution in [0.2, 0.25) is 0 Å². The van der Waals surface area contributed by atoms with Crippen molar-refractivity contribution in [2.45, 2.75) is 25.4 Å². The summed E-state index contributed by atoms with van der Waals surface area (Å²) in [6.45, 7) is 0.935. The Balaban J connectivity index is 1.26. The van der Waals surface area contributed by atoms with Gasteiger partial charge in [-0.3, -0.25) is 10.1 Å². The summed E-state index contributed by atoms with van der Waals surface area (Å²) in [7, 11) is 0. The summed E-state index contributed by atoms with van der Waals surface area (Å²) < 4.78 is 33.5. The standard InChI is InChI=1S/C28H24F2N6O5/c29-20-3-1-16(10-21(20)30)23-12-19(37)5-6-36(23)28(40)35-7-8-41-24-4-2-15(9-18(24)14-35)17-11-22-25(31-13-17)33-26(32-22)34-27(38)39/h1-4,9-11,13,23H,5-8,12,14H2,(H,38,39)(H2,31,32,33,34). The number of hydrogen-bond donors (Lipinski definition) is 3. The van der Waals surface area contributed by atoms with E-state index in [1.807, 2.05) is 18.2 Å². The molecule has 3 N–H and O–H groups in total. The molecule has 0 aliphatic carbocycles. The normalized spacial score (nSPS) is 17.1. The van der Waals surface area contributed by atoms with E-state index < -0.39 is 23.8 Å². The molecule has 4 heterocycles. The number of Topliss-reactive ketones (excluding diaryl/α,β-unsaturated/α-hetero) is 1. The maximum Gasteiger partial charge on any atom is 0.411 e. The molecule has 1 atom stereocenters. The predicted molar refractivity (Wildman–Crippen MR) is 142 cm³/mol. The Morgan fingerprint density at radius 2 is 1.93 bits per heavy atom. The topological polar surface area (TPSA) is 141 Å². The van der Waals surface area contributed by atoms with E-state index >= 15 is 0 Å². The average Bonchev–Trinajstić information content (AvgIpc) is 3.21. The van der Waals surface area contributed by atoms with Gasteiger partial charge in [-0.2, -0.15) is 4.98 Å². The minimum atomic E-state index is -1.25. The number of nitrogens with zero attached hydrogens (tertiary/aromatic N) is 4. The number of hydrogen-bond acceptors (Lipinski definition) is 6. The molecule has 0 spiro atoms. The maximum atomic E-state index is 14.0. The van der Waals surface area contributed by atoms with E-state index in [1.54, 1.807) is 22.1 Å². The minimum Gasteiger partial charge on any atom is -0.491 e. The Morgan fingerprint density at radius 1 is 1.07 bits per heavy atom. The number of H-pyrrole nitrogens is 1. The van der Waals surface area contributed by atoms with E-state index in [0.717, 1.165) is 28.8 Å². The fourth-order valence-corrected chi connectivity index (χ4v) is 5.21. The van der Waals surface area contributed by atoms with Crippen molar-refractivity contribution in [1.82, 2.24) is 24.8 Å². The third kappa shape index (κ3) is 5.25. The van der Waals surface area contributed by atoms with Gasteiger partial charge in [-0.05, 0) is 41.5 Å². The van der Waals surface area contributed by atoms with Crippen LogP contribution in [0.15, 0.2) is 48.7 Å². The van der Waals surface area contributed by atoms with Crippen LogP contribution in [0, 0.1) is 11.6 Å². The Labute approximate surface area is 231 Å².